The fraction of sp³-hybridized carbons (Fsp3) is 0.433. The first-order valence-electron chi connectivity index (χ1n) is 12.6. The minimum atomic E-state index is -1.07. The van der Waals surface area contributed by atoms with Crippen LogP contribution < -0.4 is 10.6 Å². The molecule has 0 aromatic heterocycles. The molecule has 0 saturated heterocycles. The lowest BCUT2D eigenvalue weighted by atomic mass is 9.99. The van der Waals surface area contributed by atoms with Crippen LogP contribution in [-0.2, 0) is 20.7 Å². The summed E-state index contributed by atoms with van der Waals surface area (Å²) in [6, 6.07) is 16.8. The normalized spacial score (nSPS) is 13.4. The van der Waals surface area contributed by atoms with Gasteiger partial charge in [-0.2, -0.15) is 0 Å². The van der Waals surface area contributed by atoms with Gasteiger partial charge in [-0.3, -0.25) is 14.5 Å². The van der Waals surface area contributed by atoms with E-state index in [4.69, 9.17) is 11.2 Å². The number of hydrogen-bond donors (Lipinski definition) is 2. The summed E-state index contributed by atoms with van der Waals surface area (Å²) in [7, 11) is 0. The molecule has 0 radical (unpaired) electrons. The molecular weight excluding hydrogens is 466 g/mol. The van der Waals surface area contributed by atoms with Crippen LogP contribution in [0.3, 0.4) is 0 Å². The number of rotatable bonds is 10. The molecule has 0 bridgehead atoms. The smallest absolute Gasteiger partial charge is 0.408 e. The van der Waals surface area contributed by atoms with E-state index in [1.807, 2.05) is 63.2 Å². The number of nitrogens with zero attached hydrogens (tertiary/aromatic N) is 1. The van der Waals surface area contributed by atoms with E-state index in [0.29, 0.717) is 5.56 Å². The van der Waals surface area contributed by atoms with Crippen LogP contribution in [0.2, 0.25) is 0 Å². The van der Waals surface area contributed by atoms with Gasteiger partial charge in [0.05, 0.1) is 0 Å². The Labute approximate surface area is 221 Å². The van der Waals surface area contributed by atoms with Crippen molar-refractivity contribution in [2.75, 3.05) is 0 Å². The van der Waals surface area contributed by atoms with Gasteiger partial charge in [-0.25, -0.2) is 4.79 Å². The second-order valence-electron chi connectivity index (χ2n) is 10.2. The zero-order valence-corrected chi connectivity index (χ0v) is 22.7. The highest BCUT2D eigenvalue weighted by Gasteiger charge is 2.36. The molecule has 3 amide bonds. The number of aryl methyl sites for hydroxylation is 1. The van der Waals surface area contributed by atoms with Gasteiger partial charge >= 0.3 is 6.09 Å². The first-order chi connectivity index (χ1) is 17.4. The summed E-state index contributed by atoms with van der Waals surface area (Å²) >= 11 is 0. The lowest BCUT2D eigenvalue weighted by Gasteiger charge is -2.31. The number of terminal acetylenes is 1. The summed E-state index contributed by atoms with van der Waals surface area (Å²) in [5.74, 6) is -0.965. The average molecular weight is 506 g/mol. The van der Waals surface area contributed by atoms with Gasteiger partial charge in [-0.05, 0) is 52.2 Å². The van der Waals surface area contributed by atoms with Crippen molar-refractivity contribution in [1.29, 1.82) is 0 Å². The van der Waals surface area contributed by atoms with Crippen molar-refractivity contribution in [3.8, 4) is 12.5 Å². The molecule has 3 unspecified atom stereocenters. The molecule has 2 aromatic carbocycles. The molecule has 0 heterocycles. The SMILES string of the molecule is C#CN(C(=O)C(Cc1ccccc1)NC(=O)OC(C)(C)C)C(C(=O)NC(C)CCC)c1ccc(C)cc1. The Bertz CT molecular complexity index is 1080. The summed E-state index contributed by atoms with van der Waals surface area (Å²) < 4.78 is 5.40. The lowest BCUT2D eigenvalue weighted by molar-refractivity contribution is -0.138. The van der Waals surface area contributed by atoms with Crippen LogP contribution in [0.1, 0.15) is 70.2 Å². The molecule has 37 heavy (non-hydrogen) atoms. The van der Waals surface area contributed by atoms with Gasteiger partial charge in [-0.1, -0.05) is 79.9 Å². The second-order valence-corrected chi connectivity index (χ2v) is 10.2. The third-order valence-electron chi connectivity index (χ3n) is 5.66. The number of benzene rings is 2. The van der Waals surface area contributed by atoms with Gasteiger partial charge < -0.3 is 15.4 Å². The Morgan fingerprint density at radius 3 is 2.19 bits per heavy atom. The molecule has 2 N–H and O–H groups in total. The first kappa shape index (κ1) is 29.4. The maximum Gasteiger partial charge on any atom is 0.408 e. The Morgan fingerprint density at radius 2 is 1.65 bits per heavy atom. The molecule has 0 aliphatic rings. The highest BCUT2D eigenvalue weighted by molar-refractivity contribution is 5.93. The molecule has 0 saturated carbocycles. The highest BCUT2D eigenvalue weighted by Crippen LogP contribution is 2.24. The van der Waals surface area contributed by atoms with Crippen molar-refractivity contribution in [1.82, 2.24) is 15.5 Å². The Hall–Kier alpha value is -3.79. The van der Waals surface area contributed by atoms with Crippen LogP contribution in [0.5, 0.6) is 0 Å². The first-order valence-corrected chi connectivity index (χ1v) is 12.6. The lowest BCUT2D eigenvalue weighted by Crippen LogP contribution is -2.52. The number of carbonyl (C=O) groups excluding carboxylic acids is 3. The number of hydrogen-bond acceptors (Lipinski definition) is 4. The summed E-state index contributed by atoms with van der Waals surface area (Å²) in [5, 5.41) is 5.66. The minimum Gasteiger partial charge on any atom is -0.444 e. The predicted octanol–water partition coefficient (Wildman–Crippen LogP) is 4.90. The number of amides is 3. The molecule has 2 aromatic rings. The van der Waals surface area contributed by atoms with E-state index in [1.54, 1.807) is 32.9 Å². The molecule has 0 fully saturated rings. The number of alkyl carbamates (subject to hydrolysis) is 1. The Balaban J connectivity index is 2.46. The highest BCUT2D eigenvalue weighted by atomic mass is 16.6. The van der Waals surface area contributed by atoms with Gasteiger partial charge in [0, 0.05) is 18.5 Å². The zero-order chi connectivity index (χ0) is 27.6. The maximum atomic E-state index is 13.9. The summed E-state index contributed by atoms with van der Waals surface area (Å²) in [4.78, 5) is 41.1. The predicted molar refractivity (Wildman–Crippen MR) is 145 cm³/mol. The number of nitrogens with one attached hydrogen (secondary N) is 2. The topological polar surface area (TPSA) is 87.7 Å². The molecule has 0 spiro atoms. The van der Waals surface area contributed by atoms with E-state index in [0.717, 1.165) is 28.9 Å². The Kier molecular flexibility index (Phi) is 10.7. The van der Waals surface area contributed by atoms with Crippen molar-refractivity contribution < 1.29 is 19.1 Å². The quantitative estimate of drug-likeness (QED) is 0.355. The van der Waals surface area contributed by atoms with Gasteiger partial charge in [0.15, 0.2) is 0 Å². The fourth-order valence-corrected chi connectivity index (χ4v) is 3.93. The zero-order valence-electron chi connectivity index (χ0n) is 22.7. The van der Waals surface area contributed by atoms with Crippen LogP contribution in [-0.4, -0.2) is 40.5 Å². The minimum absolute atomic E-state index is 0.0971. The van der Waals surface area contributed by atoms with E-state index in [1.165, 1.54) is 0 Å². The standard InChI is InChI=1S/C30H39N3O4/c1-8-13-22(4)31-27(34)26(24-18-16-21(3)17-19-24)33(9-2)28(35)25(20-23-14-11-10-12-15-23)32-29(36)37-30(5,6)7/h2,10-12,14-19,22,25-26H,8,13,20H2,1,3-7H3,(H,31,34)(H,32,36). The second kappa shape index (κ2) is 13.5. The monoisotopic (exact) mass is 505 g/mol. The van der Waals surface area contributed by atoms with Crippen LogP contribution in [0.15, 0.2) is 54.6 Å². The van der Waals surface area contributed by atoms with Crippen LogP contribution in [0.4, 0.5) is 4.79 Å². The van der Waals surface area contributed by atoms with Gasteiger partial charge in [0.2, 0.25) is 5.91 Å². The third-order valence-corrected chi connectivity index (χ3v) is 5.66. The van der Waals surface area contributed by atoms with E-state index >= 15 is 0 Å². The molecule has 0 aliphatic heterocycles. The van der Waals surface area contributed by atoms with E-state index in [9.17, 15) is 14.4 Å². The van der Waals surface area contributed by atoms with Crippen molar-refractivity contribution in [3.63, 3.8) is 0 Å². The Morgan fingerprint density at radius 1 is 1.03 bits per heavy atom. The van der Waals surface area contributed by atoms with Crippen LogP contribution >= 0.6 is 0 Å². The van der Waals surface area contributed by atoms with Gasteiger partial charge in [0.1, 0.15) is 17.7 Å². The van der Waals surface area contributed by atoms with E-state index in [2.05, 4.69) is 16.7 Å². The molecule has 2 rings (SSSR count). The van der Waals surface area contributed by atoms with Crippen LogP contribution in [0.25, 0.3) is 0 Å². The fourth-order valence-electron chi connectivity index (χ4n) is 3.93. The largest absolute Gasteiger partial charge is 0.444 e. The van der Waals surface area contributed by atoms with Crippen molar-refractivity contribution in [2.45, 2.75) is 84.5 Å². The van der Waals surface area contributed by atoms with Gasteiger partial charge in [-0.15, -0.1) is 0 Å². The molecule has 3 atom stereocenters. The molecule has 198 valence electrons. The average Bonchev–Trinajstić information content (AvgIpc) is 2.82. The maximum absolute atomic E-state index is 13.9. The molecule has 7 nitrogen and oxygen atoms in total. The molecule has 7 heteroatoms. The third kappa shape index (κ3) is 9.30. The van der Waals surface area contributed by atoms with E-state index < -0.39 is 29.7 Å². The summed E-state index contributed by atoms with van der Waals surface area (Å²) in [6.45, 7) is 11.1. The number of ether oxygens (including phenoxy) is 1. The van der Waals surface area contributed by atoms with Crippen LogP contribution in [0, 0.1) is 19.4 Å². The molecule has 0 aliphatic carbocycles. The van der Waals surface area contributed by atoms with Crippen molar-refractivity contribution in [2.24, 2.45) is 0 Å². The van der Waals surface area contributed by atoms with E-state index in [-0.39, 0.29) is 18.4 Å². The van der Waals surface area contributed by atoms with Crippen molar-refractivity contribution >= 4 is 17.9 Å². The molecular formula is C30H39N3O4. The summed E-state index contributed by atoms with van der Waals surface area (Å²) in [6.07, 6.45) is 6.97. The van der Waals surface area contributed by atoms with Gasteiger partial charge in [0.25, 0.3) is 5.91 Å². The van der Waals surface area contributed by atoms with Crippen molar-refractivity contribution in [3.05, 3.63) is 71.3 Å². The summed E-state index contributed by atoms with van der Waals surface area (Å²) in [5.41, 5.74) is 1.65. The number of carbonyl (C=O) groups is 3.